The van der Waals surface area contributed by atoms with Crippen LogP contribution in [0.4, 0.5) is 18.9 Å². The highest BCUT2D eigenvalue weighted by molar-refractivity contribution is 9.10. The van der Waals surface area contributed by atoms with Crippen LogP contribution in [0.25, 0.3) is 5.69 Å². The maximum atomic E-state index is 13.0. The van der Waals surface area contributed by atoms with Crippen LogP contribution in [0, 0.1) is 6.92 Å². The average Bonchev–Trinajstić information content (AvgIpc) is 3.02. The van der Waals surface area contributed by atoms with Crippen LogP contribution in [0.2, 0.25) is 0 Å². The molecule has 0 aliphatic heterocycles. The lowest BCUT2D eigenvalue weighted by Crippen LogP contribution is -2.11. The van der Waals surface area contributed by atoms with Gasteiger partial charge in [0.1, 0.15) is 0 Å². The summed E-state index contributed by atoms with van der Waals surface area (Å²) in [5, 5.41) is 14.5. The Morgan fingerprint density at radius 2 is 1.92 bits per heavy atom. The fraction of sp³-hybridized carbons (Fsp3) is 0.188. The Labute approximate surface area is 150 Å². The molecule has 0 saturated carbocycles. The molecule has 0 saturated heterocycles. The summed E-state index contributed by atoms with van der Waals surface area (Å²) in [5.41, 5.74) is 0.600. The normalized spacial score (nSPS) is 11.6. The van der Waals surface area contributed by atoms with Gasteiger partial charge in [0, 0.05) is 10.2 Å². The van der Waals surface area contributed by atoms with E-state index in [1.807, 2.05) is 24.3 Å². The number of alkyl halides is 3. The lowest BCUT2D eigenvalue weighted by Gasteiger charge is -2.13. The van der Waals surface area contributed by atoms with Gasteiger partial charge in [-0.2, -0.15) is 17.9 Å². The second-order valence-electron chi connectivity index (χ2n) is 5.34. The highest BCUT2D eigenvalue weighted by Crippen LogP contribution is 2.33. The summed E-state index contributed by atoms with van der Waals surface area (Å²) in [6.45, 7) is 1.61. The molecule has 3 aromatic rings. The molecule has 1 heterocycles. The first-order chi connectivity index (χ1) is 11.9. The van der Waals surface area contributed by atoms with E-state index in [0.717, 1.165) is 16.2 Å². The molecular formula is C16H13BrF3N5. The molecule has 1 N–H and O–H groups in total. The molecule has 0 unspecified atom stereocenters. The molecule has 3 rings (SSSR count). The van der Waals surface area contributed by atoms with Gasteiger partial charge in [-0.3, -0.25) is 0 Å². The van der Waals surface area contributed by atoms with Gasteiger partial charge >= 0.3 is 6.18 Å². The van der Waals surface area contributed by atoms with Crippen molar-refractivity contribution in [3.05, 3.63) is 63.9 Å². The van der Waals surface area contributed by atoms with E-state index in [-0.39, 0.29) is 12.1 Å². The number of nitrogens with one attached hydrogen (secondary N) is 1. The Bertz CT molecular complexity index is 891. The number of aromatic nitrogens is 4. The van der Waals surface area contributed by atoms with Crippen LogP contribution in [0.1, 0.15) is 17.0 Å². The van der Waals surface area contributed by atoms with Crippen LogP contribution >= 0.6 is 15.9 Å². The lowest BCUT2D eigenvalue weighted by molar-refractivity contribution is -0.138. The van der Waals surface area contributed by atoms with Crippen LogP contribution in [-0.4, -0.2) is 20.2 Å². The number of hydrogen-bond donors (Lipinski definition) is 1. The van der Waals surface area contributed by atoms with Gasteiger partial charge in [-0.1, -0.05) is 18.2 Å². The molecule has 1 aromatic heterocycles. The molecule has 2 aromatic carbocycles. The summed E-state index contributed by atoms with van der Waals surface area (Å²) in [6.07, 6.45) is -4.39. The number of rotatable bonds is 4. The Hall–Kier alpha value is -2.42. The molecule has 9 heteroatoms. The Morgan fingerprint density at radius 1 is 1.16 bits per heavy atom. The second-order valence-corrected chi connectivity index (χ2v) is 6.19. The third-order valence-corrected chi connectivity index (χ3v) is 4.28. The van der Waals surface area contributed by atoms with Crippen molar-refractivity contribution in [2.45, 2.75) is 19.6 Å². The maximum Gasteiger partial charge on any atom is 0.416 e. The van der Waals surface area contributed by atoms with Crippen molar-refractivity contribution in [2.24, 2.45) is 0 Å². The molecule has 0 aliphatic carbocycles. The predicted molar refractivity (Wildman–Crippen MR) is 90.4 cm³/mol. The van der Waals surface area contributed by atoms with Crippen LogP contribution in [0.15, 0.2) is 46.9 Å². The minimum Gasteiger partial charge on any atom is -0.378 e. The first kappa shape index (κ1) is 17.4. The van der Waals surface area contributed by atoms with Gasteiger partial charge in [-0.25, -0.2) is 0 Å². The van der Waals surface area contributed by atoms with Gasteiger partial charge in [0.05, 0.1) is 17.8 Å². The van der Waals surface area contributed by atoms with Gasteiger partial charge in [-0.15, -0.1) is 5.10 Å². The van der Waals surface area contributed by atoms with Crippen LogP contribution in [-0.2, 0) is 12.7 Å². The number of hydrogen-bond acceptors (Lipinski definition) is 4. The van der Waals surface area contributed by atoms with E-state index in [2.05, 4.69) is 36.8 Å². The van der Waals surface area contributed by atoms with E-state index < -0.39 is 11.7 Å². The largest absolute Gasteiger partial charge is 0.416 e. The summed E-state index contributed by atoms with van der Waals surface area (Å²) in [6, 6.07) is 11.5. The maximum absolute atomic E-state index is 13.0. The molecular weight excluding hydrogens is 399 g/mol. The van der Waals surface area contributed by atoms with E-state index in [1.165, 1.54) is 17.7 Å². The average molecular weight is 412 g/mol. The lowest BCUT2D eigenvalue weighted by atomic mass is 10.1. The fourth-order valence-electron chi connectivity index (χ4n) is 2.35. The number of aryl methyl sites for hydroxylation is 1. The van der Waals surface area contributed by atoms with Crippen LogP contribution in [0.3, 0.4) is 0 Å². The third kappa shape index (κ3) is 3.81. The molecule has 5 nitrogen and oxygen atoms in total. The quantitative estimate of drug-likeness (QED) is 0.692. The smallest absolute Gasteiger partial charge is 0.378 e. The highest BCUT2D eigenvalue weighted by Gasteiger charge is 2.32. The van der Waals surface area contributed by atoms with Crippen molar-refractivity contribution in [3.63, 3.8) is 0 Å². The van der Waals surface area contributed by atoms with E-state index in [4.69, 9.17) is 0 Å². The molecule has 0 radical (unpaired) electrons. The van der Waals surface area contributed by atoms with Crippen molar-refractivity contribution >= 4 is 21.6 Å². The van der Waals surface area contributed by atoms with E-state index in [9.17, 15) is 13.2 Å². The molecule has 25 heavy (non-hydrogen) atoms. The topological polar surface area (TPSA) is 55.6 Å². The number of para-hydroxylation sites is 1. The van der Waals surface area contributed by atoms with E-state index in [1.54, 1.807) is 6.07 Å². The third-order valence-electron chi connectivity index (χ3n) is 3.61. The van der Waals surface area contributed by atoms with Gasteiger partial charge in [0.15, 0.2) is 5.82 Å². The zero-order valence-electron chi connectivity index (χ0n) is 13.0. The number of tetrazole rings is 1. The first-order valence-electron chi connectivity index (χ1n) is 7.30. The summed E-state index contributed by atoms with van der Waals surface area (Å²) in [4.78, 5) is 0. The summed E-state index contributed by atoms with van der Waals surface area (Å²) < 4.78 is 41.3. The van der Waals surface area contributed by atoms with Crippen LogP contribution < -0.4 is 5.32 Å². The van der Waals surface area contributed by atoms with Gasteiger partial charge in [0.2, 0.25) is 0 Å². The van der Waals surface area contributed by atoms with Crippen molar-refractivity contribution in [1.29, 1.82) is 0 Å². The monoisotopic (exact) mass is 411 g/mol. The van der Waals surface area contributed by atoms with Crippen molar-refractivity contribution < 1.29 is 13.2 Å². The Morgan fingerprint density at radius 3 is 2.64 bits per heavy atom. The van der Waals surface area contributed by atoms with Gasteiger partial charge in [0.25, 0.3) is 0 Å². The molecule has 0 bridgehead atoms. The standard InChI is InChI=1S/C16H13BrF3N5/c1-10-6-7-11(8-12(10)16(18,19)20)21-9-15-22-23-24-25(15)14-5-3-2-4-13(14)17/h2-8,21H,9H2,1H3. The SMILES string of the molecule is Cc1ccc(NCc2nnnn2-c2ccccc2Br)cc1C(F)(F)F. The predicted octanol–water partition coefficient (Wildman–Crippen LogP) is 4.36. The second kappa shape index (κ2) is 6.83. The van der Waals surface area contributed by atoms with E-state index in [0.29, 0.717) is 11.5 Å². The Balaban J connectivity index is 1.82. The fourth-order valence-corrected chi connectivity index (χ4v) is 2.80. The van der Waals surface area contributed by atoms with Crippen molar-refractivity contribution in [3.8, 4) is 5.69 Å². The summed E-state index contributed by atoms with van der Waals surface area (Å²) in [7, 11) is 0. The summed E-state index contributed by atoms with van der Waals surface area (Å²) >= 11 is 3.43. The van der Waals surface area contributed by atoms with Crippen LogP contribution in [0.5, 0.6) is 0 Å². The number of nitrogens with zero attached hydrogens (tertiary/aromatic N) is 4. The van der Waals surface area contributed by atoms with E-state index >= 15 is 0 Å². The molecule has 130 valence electrons. The molecule has 0 spiro atoms. The molecule has 0 fully saturated rings. The van der Waals surface area contributed by atoms with Crippen molar-refractivity contribution in [2.75, 3.05) is 5.32 Å². The number of anilines is 1. The molecule has 0 amide bonds. The minimum atomic E-state index is -4.39. The van der Waals surface area contributed by atoms with Gasteiger partial charge in [-0.05, 0) is 63.1 Å². The Kier molecular flexibility index (Phi) is 4.76. The zero-order valence-corrected chi connectivity index (χ0v) is 14.6. The van der Waals surface area contributed by atoms with Crippen molar-refractivity contribution in [1.82, 2.24) is 20.2 Å². The van der Waals surface area contributed by atoms with Gasteiger partial charge < -0.3 is 5.32 Å². The first-order valence-corrected chi connectivity index (χ1v) is 8.09. The number of benzene rings is 2. The molecule has 0 atom stereocenters. The highest BCUT2D eigenvalue weighted by atomic mass is 79.9. The zero-order chi connectivity index (χ0) is 18.0. The number of halogens is 4. The minimum absolute atomic E-state index is 0.175. The molecule has 0 aliphatic rings. The summed E-state index contributed by atoms with van der Waals surface area (Å²) in [5.74, 6) is 0.473.